The molecular formula is C14H26N2O3. The van der Waals surface area contributed by atoms with E-state index in [0.717, 1.165) is 32.5 Å². The Kier molecular flexibility index (Phi) is 5.45. The Hall–Kier alpha value is -0.810. The fourth-order valence-electron chi connectivity index (χ4n) is 3.22. The summed E-state index contributed by atoms with van der Waals surface area (Å²) in [5, 5.41) is 0. The smallest absolute Gasteiger partial charge is 0.410 e. The molecule has 0 aliphatic carbocycles. The summed E-state index contributed by atoms with van der Waals surface area (Å²) >= 11 is 0. The number of carbonyl (C=O) groups excluding carboxylic acids is 1. The highest BCUT2D eigenvalue weighted by Gasteiger charge is 2.36. The van der Waals surface area contributed by atoms with Crippen LogP contribution in [0.5, 0.6) is 0 Å². The Morgan fingerprint density at radius 3 is 2.58 bits per heavy atom. The van der Waals surface area contributed by atoms with Crippen LogP contribution in [0.1, 0.15) is 25.7 Å². The van der Waals surface area contributed by atoms with E-state index in [4.69, 9.17) is 9.47 Å². The number of likely N-dealkylation sites (tertiary alicyclic amines) is 2. The summed E-state index contributed by atoms with van der Waals surface area (Å²) in [5.41, 5.74) is 0. The average Bonchev–Trinajstić information content (AvgIpc) is 2.89. The molecule has 0 spiro atoms. The maximum absolute atomic E-state index is 12.1. The van der Waals surface area contributed by atoms with Crippen LogP contribution in [0.3, 0.4) is 0 Å². The van der Waals surface area contributed by atoms with Gasteiger partial charge in [-0.1, -0.05) is 0 Å². The van der Waals surface area contributed by atoms with Crippen LogP contribution < -0.4 is 0 Å². The first-order chi connectivity index (χ1) is 9.22. The van der Waals surface area contributed by atoms with E-state index in [1.54, 1.807) is 7.11 Å². The Morgan fingerprint density at radius 2 is 1.89 bits per heavy atom. The van der Waals surface area contributed by atoms with Gasteiger partial charge < -0.3 is 19.3 Å². The lowest BCUT2D eigenvalue weighted by atomic mass is 9.88. The maximum atomic E-state index is 12.1. The number of piperidine rings is 1. The zero-order valence-corrected chi connectivity index (χ0v) is 12.1. The van der Waals surface area contributed by atoms with E-state index in [9.17, 15) is 4.79 Å². The highest BCUT2D eigenvalue weighted by atomic mass is 16.6. The fourth-order valence-corrected chi connectivity index (χ4v) is 3.22. The van der Waals surface area contributed by atoms with E-state index in [1.165, 1.54) is 12.8 Å². The summed E-state index contributed by atoms with van der Waals surface area (Å²) in [6.07, 6.45) is 4.48. The Labute approximate surface area is 115 Å². The zero-order chi connectivity index (χ0) is 13.7. The van der Waals surface area contributed by atoms with Crippen molar-refractivity contribution in [2.75, 3.05) is 47.0 Å². The lowest BCUT2D eigenvalue weighted by Gasteiger charge is -2.36. The van der Waals surface area contributed by atoms with Crippen molar-refractivity contribution in [2.24, 2.45) is 5.92 Å². The molecule has 110 valence electrons. The molecule has 2 aliphatic rings. The minimum absolute atomic E-state index is 0.154. The quantitative estimate of drug-likeness (QED) is 0.727. The average molecular weight is 270 g/mol. The molecule has 2 saturated heterocycles. The summed E-state index contributed by atoms with van der Waals surface area (Å²) in [7, 11) is 3.78. The first-order valence-electron chi connectivity index (χ1n) is 7.33. The van der Waals surface area contributed by atoms with Crippen molar-refractivity contribution in [3.63, 3.8) is 0 Å². The van der Waals surface area contributed by atoms with E-state index in [-0.39, 0.29) is 6.09 Å². The van der Waals surface area contributed by atoms with Crippen LogP contribution in [0.25, 0.3) is 0 Å². The minimum atomic E-state index is -0.154. The summed E-state index contributed by atoms with van der Waals surface area (Å²) in [5.74, 6) is 0.647. The third-order valence-corrected chi connectivity index (χ3v) is 4.35. The Balaban J connectivity index is 1.84. The van der Waals surface area contributed by atoms with Gasteiger partial charge in [0.2, 0.25) is 0 Å². The molecule has 2 heterocycles. The lowest BCUT2D eigenvalue weighted by Crippen LogP contribution is -2.44. The van der Waals surface area contributed by atoms with Gasteiger partial charge in [0.05, 0.1) is 6.61 Å². The molecule has 0 aromatic carbocycles. The van der Waals surface area contributed by atoms with Gasteiger partial charge in [-0.2, -0.15) is 0 Å². The largest absolute Gasteiger partial charge is 0.447 e. The molecule has 0 unspecified atom stereocenters. The van der Waals surface area contributed by atoms with Gasteiger partial charge in [0.15, 0.2) is 0 Å². The number of nitrogens with zero attached hydrogens (tertiary/aromatic N) is 2. The standard InChI is InChI=1S/C14H26N2O3/c1-15-8-5-12(6-9-15)13-4-3-7-16(13)14(17)19-11-10-18-2/h12-13H,3-11H2,1-2H3/t13-/m0/s1. The topological polar surface area (TPSA) is 42.0 Å². The number of hydrogen-bond acceptors (Lipinski definition) is 4. The van der Waals surface area contributed by atoms with Crippen molar-refractivity contribution >= 4 is 6.09 Å². The molecular weight excluding hydrogens is 244 g/mol. The summed E-state index contributed by atoms with van der Waals surface area (Å²) in [6.45, 7) is 3.97. The van der Waals surface area contributed by atoms with Crippen molar-refractivity contribution in [3.05, 3.63) is 0 Å². The fraction of sp³-hybridized carbons (Fsp3) is 0.929. The molecule has 2 rings (SSSR count). The van der Waals surface area contributed by atoms with Crippen LogP contribution in [-0.2, 0) is 9.47 Å². The maximum Gasteiger partial charge on any atom is 0.410 e. The minimum Gasteiger partial charge on any atom is -0.447 e. The normalized spacial score (nSPS) is 25.8. The van der Waals surface area contributed by atoms with Crippen molar-refractivity contribution < 1.29 is 14.3 Å². The monoisotopic (exact) mass is 270 g/mol. The second-order valence-electron chi connectivity index (χ2n) is 5.65. The number of amides is 1. The second-order valence-corrected chi connectivity index (χ2v) is 5.65. The molecule has 1 atom stereocenters. The van der Waals surface area contributed by atoms with Gasteiger partial charge in [0.25, 0.3) is 0 Å². The van der Waals surface area contributed by atoms with E-state index < -0.39 is 0 Å². The molecule has 0 N–H and O–H groups in total. The molecule has 0 radical (unpaired) electrons. The molecule has 19 heavy (non-hydrogen) atoms. The van der Waals surface area contributed by atoms with Gasteiger partial charge in [0, 0.05) is 19.7 Å². The van der Waals surface area contributed by atoms with Gasteiger partial charge in [-0.05, 0) is 51.7 Å². The highest BCUT2D eigenvalue weighted by molar-refractivity contribution is 5.68. The molecule has 5 heteroatoms. The van der Waals surface area contributed by atoms with E-state index in [0.29, 0.717) is 25.2 Å². The molecule has 0 aromatic rings. The third-order valence-electron chi connectivity index (χ3n) is 4.35. The van der Waals surface area contributed by atoms with E-state index >= 15 is 0 Å². The Morgan fingerprint density at radius 1 is 1.16 bits per heavy atom. The molecule has 5 nitrogen and oxygen atoms in total. The molecule has 0 aromatic heterocycles. The molecule has 2 aliphatic heterocycles. The highest BCUT2D eigenvalue weighted by Crippen LogP contribution is 2.31. The first kappa shape index (κ1) is 14.6. The second kappa shape index (κ2) is 7.10. The SMILES string of the molecule is COCCOC(=O)N1CCC[C@H]1C1CCN(C)CC1. The van der Waals surface area contributed by atoms with Crippen LogP contribution in [-0.4, -0.2) is 68.9 Å². The van der Waals surface area contributed by atoms with Crippen LogP contribution in [0.15, 0.2) is 0 Å². The molecule has 1 amide bonds. The molecule has 0 saturated carbocycles. The first-order valence-corrected chi connectivity index (χ1v) is 7.33. The zero-order valence-electron chi connectivity index (χ0n) is 12.1. The number of ether oxygens (including phenoxy) is 2. The van der Waals surface area contributed by atoms with Crippen LogP contribution in [0.4, 0.5) is 4.79 Å². The lowest BCUT2D eigenvalue weighted by molar-refractivity contribution is 0.0557. The third kappa shape index (κ3) is 3.83. The number of rotatable bonds is 4. The molecule has 2 fully saturated rings. The number of hydrogen-bond donors (Lipinski definition) is 0. The predicted octanol–water partition coefficient (Wildman–Crippen LogP) is 1.58. The van der Waals surface area contributed by atoms with Gasteiger partial charge >= 0.3 is 6.09 Å². The van der Waals surface area contributed by atoms with Gasteiger partial charge in [-0.3, -0.25) is 0 Å². The van der Waals surface area contributed by atoms with Crippen LogP contribution >= 0.6 is 0 Å². The van der Waals surface area contributed by atoms with E-state index in [2.05, 4.69) is 11.9 Å². The Bertz CT molecular complexity index is 290. The predicted molar refractivity (Wildman–Crippen MR) is 73.2 cm³/mol. The van der Waals surface area contributed by atoms with Crippen molar-refractivity contribution in [3.8, 4) is 0 Å². The number of carbonyl (C=O) groups is 1. The van der Waals surface area contributed by atoms with Crippen LogP contribution in [0.2, 0.25) is 0 Å². The van der Waals surface area contributed by atoms with Gasteiger partial charge in [-0.25, -0.2) is 4.79 Å². The van der Waals surface area contributed by atoms with E-state index in [1.807, 2.05) is 4.90 Å². The van der Waals surface area contributed by atoms with Crippen molar-refractivity contribution in [1.29, 1.82) is 0 Å². The van der Waals surface area contributed by atoms with Crippen LogP contribution in [0, 0.1) is 5.92 Å². The summed E-state index contributed by atoms with van der Waals surface area (Å²) in [6, 6.07) is 0.392. The summed E-state index contributed by atoms with van der Waals surface area (Å²) in [4.78, 5) is 16.4. The van der Waals surface area contributed by atoms with Crippen molar-refractivity contribution in [2.45, 2.75) is 31.7 Å². The van der Waals surface area contributed by atoms with Gasteiger partial charge in [-0.15, -0.1) is 0 Å². The summed E-state index contributed by atoms with van der Waals surface area (Å²) < 4.78 is 10.2. The molecule has 0 bridgehead atoms. The van der Waals surface area contributed by atoms with Crippen molar-refractivity contribution in [1.82, 2.24) is 9.80 Å². The number of methoxy groups -OCH3 is 1. The van der Waals surface area contributed by atoms with Gasteiger partial charge in [0.1, 0.15) is 6.61 Å².